The summed E-state index contributed by atoms with van der Waals surface area (Å²) in [7, 11) is 0. The first-order valence-electron chi connectivity index (χ1n) is 5.86. The quantitative estimate of drug-likeness (QED) is 0.675. The number of carbonyl (C=O) groups is 1. The highest BCUT2D eigenvalue weighted by Crippen LogP contribution is 2.27. The van der Waals surface area contributed by atoms with Crippen LogP contribution in [0.4, 0.5) is 0 Å². The average molecular weight is 214 g/mol. The van der Waals surface area contributed by atoms with Gasteiger partial charge in [-0.3, -0.25) is 4.79 Å². The Kier molecular flexibility index (Phi) is 5.09. The van der Waals surface area contributed by atoms with E-state index in [0.29, 0.717) is 24.7 Å². The summed E-state index contributed by atoms with van der Waals surface area (Å²) in [4.78, 5) is 10.6. The fourth-order valence-electron chi connectivity index (χ4n) is 2.05. The van der Waals surface area contributed by atoms with Gasteiger partial charge in [0.15, 0.2) is 0 Å². The van der Waals surface area contributed by atoms with Crippen LogP contribution < -0.4 is 0 Å². The highest BCUT2D eigenvalue weighted by atomic mass is 16.5. The maximum atomic E-state index is 10.6. The van der Waals surface area contributed by atoms with Gasteiger partial charge in [-0.1, -0.05) is 0 Å². The van der Waals surface area contributed by atoms with E-state index in [2.05, 4.69) is 13.8 Å². The predicted octanol–water partition coefficient (Wildman–Crippen LogP) is 2.53. The van der Waals surface area contributed by atoms with Crippen molar-refractivity contribution in [2.45, 2.75) is 58.7 Å². The van der Waals surface area contributed by atoms with Crippen LogP contribution in [0.5, 0.6) is 0 Å². The van der Waals surface area contributed by atoms with E-state index in [1.807, 2.05) is 0 Å². The predicted molar refractivity (Wildman–Crippen MR) is 58.6 cm³/mol. The van der Waals surface area contributed by atoms with E-state index in [4.69, 9.17) is 9.47 Å². The van der Waals surface area contributed by atoms with Crippen LogP contribution in [0.1, 0.15) is 46.5 Å². The van der Waals surface area contributed by atoms with Crippen LogP contribution in [0.25, 0.3) is 0 Å². The van der Waals surface area contributed by atoms with Crippen molar-refractivity contribution in [3.63, 3.8) is 0 Å². The Morgan fingerprint density at radius 1 is 1.27 bits per heavy atom. The van der Waals surface area contributed by atoms with Crippen molar-refractivity contribution in [2.75, 3.05) is 6.61 Å². The number of esters is 1. The molecule has 15 heavy (non-hydrogen) atoms. The van der Waals surface area contributed by atoms with Crippen LogP contribution in [0.2, 0.25) is 0 Å². The zero-order valence-corrected chi connectivity index (χ0v) is 9.99. The van der Waals surface area contributed by atoms with Crippen molar-refractivity contribution in [3.8, 4) is 0 Å². The van der Waals surface area contributed by atoms with Gasteiger partial charge < -0.3 is 9.47 Å². The molecule has 0 unspecified atom stereocenters. The first-order valence-corrected chi connectivity index (χ1v) is 5.86. The molecule has 1 aliphatic rings. The fraction of sp³-hybridized carbons (Fsp3) is 0.917. The van der Waals surface area contributed by atoms with E-state index >= 15 is 0 Å². The first-order chi connectivity index (χ1) is 7.08. The van der Waals surface area contributed by atoms with E-state index in [0.717, 1.165) is 25.7 Å². The Labute approximate surface area is 92.1 Å². The van der Waals surface area contributed by atoms with Crippen LogP contribution in [0, 0.1) is 5.92 Å². The smallest absolute Gasteiger partial charge is 0.302 e. The lowest BCUT2D eigenvalue weighted by molar-refractivity contribution is -0.143. The molecular weight excluding hydrogens is 192 g/mol. The molecule has 1 rings (SSSR count). The summed E-state index contributed by atoms with van der Waals surface area (Å²) < 4.78 is 10.8. The second-order valence-electron chi connectivity index (χ2n) is 4.63. The third-order valence-corrected chi connectivity index (χ3v) is 2.78. The van der Waals surface area contributed by atoms with Gasteiger partial charge in [-0.15, -0.1) is 0 Å². The summed E-state index contributed by atoms with van der Waals surface area (Å²) in [6, 6.07) is 0. The molecule has 0 heterocycles. The standard InChI is InChI=1S/C12H22O3/c1-9(2)15-12-6-4-11(5-7-12)8-14-10(3)13/h9,11-12H,4-8H2,1-3H3. The normalized spacial score (nSPS) is 26.7. The SMILES string of the molecule is CC(=O)OCC1CCC(OC(C)C)CC1. The van der Waals surface area contributed by atoms with Gasteiger partial charge in [0, 0.05) is 6.92 Å². The molecule has 88 valence electrons. The summed E-state index contributed by atoms with van der Waals surface area (Å²) in [6.07, 6.45) is 5.17. The Balaban J connectivity index is 2.15. The van der Waals surface area contributed by atoms with Crippen molar-refractivity contribution < 1.29 is 14.3 Å². The second kappa shape index (κ2) is 6.11. The van der Waals surface area contributed by atoms with Crippen LogP contribution in [0.3, 0.4) is 0 Å². The summed E-state index contributed by atoms with van der Waals surface area (Å²) >= 11 is 0. The van der Waals surface area contributed by atoms with Crippen molar-refractivity contribution >= 4 is 5.97 Å². The summed E-state index contributed by atoms with van der Waals surface area (Å²) in [5, 5.41) is 0. The third-order valence-electron chi connectivity index (χ3n) is 2.78. The lowest BCUT2D eigenvalue weighted by atomic mass is 9.88. The molecular formula is C12H22O3. The lowest BCUT2D eigenvalue weighted by Crippen LogP contribution is -2.26. The topological polar surface area (TPSA) is 35.5 Å². The molecule has 0 N–H and O–H groups in total. The molecule has 3 nitrogen and oxygen atoms in total. The average Bonchev–Trinajstić information content (AvgIpc) is 2.16. The minimum Gasteiger partial charge on any atom is -0.466 e. The number of carbonyl (C=O) groups excluding carboxylic acids is 1. The number of hydrogen-bond donors (Lipinski definition) is 0. The molecule has 0 bridgehead atoms. The molecule has 0 amide bonds. The van der Waals surface area contributed by atoms with Crippen LogP contribution in [-0.4, -0.2) is 24.8 Å². The molecule has 0 aliphatic heterocycles. The molecule has 1 fully saturated rings. The van der Waals surface area contributed by atoms with E-state index in [-0.39, 0.29) is 5.97 Å². The highest BCUT2D eigenvalue weighted by molar-refractivity contribution is 5.65. The molecule has 0 aromatic heterocycles. The Morgan fingerprint density at radius 3 is 2.33 bits per heavy atom. The van der Waals surface area contributed by atoms with Crippen molar-refractivity contribution in [1.82, 2.24) is 0 Å². The largest absolute Gasteiger partial charge is 0.466 e. The molecule has 1 aliphatic carbocycles. The molecule has 3 heteroatoms. The van der Waals surface area contributed by atoms with Crippen LogP contribution in [0.15, 0.2) is 0 Å². The molecule has 0 atom stereocenters. The summed E-state index contributed by atoms with van der Waals surface area (Å²) in [6.45, 7) is 6.20. The maximum Gasteiger partial charge on any atom is 0.302 e. The molecule has 0 saturated heterocycles. The monoisotopic (exact) mass is 214 g/mol. The van der Waals surface area contributed by atoms with Gasteiger partial charge in [-0.2, -0.15) is 0 Å². The van der Waals surface area contributed by atoms with Gasteiger partial charge in [0.25, 0.3) is 0 Å². The Bertz CT molecular complexity index is 193. The zero-order chi connectivity index (χ0) is 11.3. The third kappa shape index (κ3) is 5.17. The van der Waals surface area contributed by atoms with Gasteiger partial charge in [-0.25, -0.2) is 0 Å². The van der Waals surface area contributed by atoms with E-state index in [1.54, 1.807) is 0 Å². The van der Waals surface area contributed by atoms with E-state index < -0.39 is 0 Å². The zero-order valence-electron chi connectivity index (χ0n) is 9.99. The first kappa shape index (κ1) is 12.5. The van der Waals surface area contributed by atoms with E-state index in [1.165, 1.54) is 6.92 Å². The highest BCUT2D eigenvalue weighted by Gasteiger charge is 2.22. The fourth-order valence-corrected chi connectivity index (χ4v) is 2.05. The number of rotatable bonds is 4. The van der Waals surface area contributed by atoms with Crippen molar-refractivity contribution in [3.05, 3.63) is 0 Å². The Hall–Kier alpha value is -0.570. The van der Waals surface area contributed by atoms with Crippen molar-refractivity contribution in [2.24, 2.45) is 5.92 Å². The van der Waals surface area contributed by atoms with Gasteiger partial charge in [0.05, 0.1) is 18.8 Å². The number of ether oxygens (including phenoxy) is 2. The molecule has 0 radical (unpaired) electrons. The molecule has 1 saturated carbocycles. The number of hydrogen-bond acceptors (Lipinski definition) is 3. The molecule has 0 aromatic carbocycles. The van der Waals surface area contributed by atoms with Gasteiger partial charge >= 0.3 is 5.97 Å². The Morgan fingerprint density at radius 2 is 1.87 bits per heavy atom. The van der Waals surface area contributed by atoms with Crippen LogP contribution in [-0.2, 0) is 14.3 Å². The maximum absolute atomic E-state index is 10.6. The summed E-state index contributed by atoms with van der Waals surface area (Å²) in [5.74, 6) is 0.372. The van der Waals surface area contributed by atoms with Crippen LogP contribution >= 0.6 is 0 Å². The minimum atomic E-state index is -0.171. The van der Waals surface area contributed by atoms with Crippen molar-refractivity contribution in [1.29, 1.82) is 0 Å². The van der Waals surface area contributed by atoms with Gasteiger partial charge in [-0.05, 0) is 45.4 Å². The summed E-state index contributed by atoms with van der Waals surface area (Å²) in [5.41, 5.74) is 0. The van der Waals surface area contributed by atoms with E-state index in [9.17, 15) is 4.79 Å². The minimum absolute atomic E-state index is 0.171. The molecule has 0 spiro atoms. The second-order valence-corrected chi connectivity index (χ2v) is 4.63. The van der Waals surface area contributed by atoms with Gasteiger partial charge in [0.1, 0.15) is 0 Å². The van der Waals surface area contributed by atoms with Gasteiger partial charge in [0.2, 0.25) is 0 Å². The lowest BCUT2D eigenvalue weighted by Gasteiger charge is -2.29. The molecule has 0 aromatic rings.